The molecule has 140 valence electrons. The van der Waals surface area contributed by atoms with Gasteiger partial charge in [-0.1, -0.05) is 26.8 Å². The zero-order valence-electron chi connectivity index (χ0n) is 16.4. The lowest BCUT2D eigenvalue weighted by atomic mass is 10.0. The molecule has 4 rings (SSSR count). The minimum Gasteiger partial charge on any atom is -0.354 e. The van der Waals surface area contributed by atoms with Gasteiger partial charge in [-0.3, -0.25) is 4.90 Å². The molecule has 0 amide bonds. The van der Waals surface area contributed by atoms with Crippen molar-refractivity contribution in [3.8, 4) is 0 Å². The van der Waals surface area contributed by atoms with Gasteiger partial charge in [0.15, 0.2) is 0 Å². The van der Waals surface area contributed by atoms with Crippen LogP contribution in [0.15, 0.2) is 24.5 Å². The zero-order valence-corrected chi connectivity index (χ0v) is 16.4. The third-order valence-corrected chi connectivity index (χ3v) is 6.14. The molecule has 0 radical (unpaired) electrons. The van der Waals surface area contributed by atoms with Gasteiger partial charge in [0.2, 0.25) is 0 Å². The van der Waals surface area contributed by atoms with Gasteiger partial charge in [-0.25, -0.2) is 9.97 Å². The highest BCUT2D eigenvalue weighted by Gasteiger charge is 2.31. The molecule has 2 aliphatic rings. The summed E-state index contributed by atoms with van der Waals surface area (Å²) in [5.74, 6) is 1.64. The second-order valence-electron chi connectivity index (χ2n) is 7.99. The van der Waals surface area contributed by atoms with Crippen LogP contribution in [0.3, 0.4) is 0 Å². The fourth-order valence-corrected chi connectivity index (χ4v) is 4.35. The number of benzene rings is 1. The van der Waals surface area contributed by atoms with Gasteiger partial charge >= 0.3 is 0 Å². The monoisotopic (exact) mass is 353 g/mol. The minimum absolute atomic E-state index is 0.522. The first-order chi connectivity index (χ1) is 12.7. The molecular formula is C21H31N5. The first-order valence-electron chi connectivity index (χ1n) is 10.1. The summed E-state index contributed by atoms with van der Waals surface area (Å²) in [5.41, 5.74) is 2.42. The minimum atomic E-state index is 0.522. The van der Waals surface area contributed by atoms with Crippen molar-refractivity contribution >= 4 is 16.7 Å². The zero-order chi connectivity index (χ0) is 18.1. The number of fused-ring (bicyclic) bond motifs is 1. The van der Waals surface area contributed by atoms with E-state index in [-0.39, 0.29) is 0 Å². The SMILES string of the molecule is CCN1CCN(C2CCN(c3ncnc4ccc(C(C)C)cc34)C2)CC1. The van der Waals surface area contributed by atoms with E-state index in [1.807, 2.05) is 0 Å². The second-order valence-corrected chi connectivity index (χ2v) is 7.99. The smallest absolute Gasteiger partial charge is 0.139 e. The lowest BCUT2D eigenvalue weighted by Gasteiger charge is -2.37. The average Bonchev–Trinajstić information content (AvgIpc) is 3.17. The lowest BCUT2D eigenvalue weighted by molar-refractivity contribution is 0.107. The highest BCUT2D eigenvalue weighted by Crippen LogP contribution is 2.30. The van der Waals surface area contributed by atoms with Crippen molar-refractivity contribution < 1.29 is 0 Å². The van der Waals surface area contributed by atoms with E-state index in [1.54, 1.807) is 6.33 Å². The normalized spacial score (nSPS) is 22.6. The van der Waals surface area contributed by atoms with Crippen molar-refractivity contribution in [1.82, 2.24) is 19.8 Å². The molecule has 0 bridgehead atoms. The predicted molar refractivity (Wildman–Crippen MR) is 108 cm³/mol. The van der Waals surface area contributed by atoms with E-state index in [2.05, 4.69) is 63.6 Å². The average molecular weight is 354 g/mol. The van der Waals surface area contributed by atoms with E-state index in [4.69, 9.17) is 0 Å². The van der Waals surface area contributed by atoms with E-state index in [9.17, 15) is 0 Å². The van der Waals surface area contributed by atoms with Crippen LogP contribution in [0.5, 0.6) is 0 Å². The summed E-state index contributed by atoms with van der Waals surface area (Å²) in [6, 6.07) is 7.30. The summed E-state index contributed by atoms with van der Waals surface area (Å²) in [6.45, 7) is 14.9. The number of piperazine rings is 1. The van der Waals surface area contributed by atoms with E-state index in [0.717, 1.165) is 24.4 Å². The second kappa shape index (κ2) is 7.49. The summed E-state index contributed by atoms with van der Waals surface area (Å²) in [4.78, 5) is 16.9. The number of aromatic nitrogens is 2. The van der Waals surface area contributed by atoms with Crippen molar-refractivity contribution in [2.75, 3.05) is 50.7 Å². The molecule has 2 saturated heterocycles. The molecule has 1 aromatic carbocycles. The van der Waals surface area contributed by atoms with Crippen molar-refractivity contribution in [3.05, 3.63) is 30.1 Å². The summed E-state index contributed by atoms with van der Waals surface area (Å²) in [5, 5.41) is 1.20. The summed E-state index contributed by atoms with van der Waals surface area (Å²) < 4.78 is 0. The maximum atomic E-state index is 4.68. The predicted octanol–water partition coefficient (Wildman–Crippen LogP) is 2.97. The molecule has 5 nitrogen and oxygen atoms in total. The molecule has 1 aromatic heterocycles. The molecular weight excluding hydrogens is 322 g/mol. The Labute approximate surface area is 157 Å². The van der Waals surface area contributed by atoms with E-state index in [0.29, 0.717) is 12.0 Å². The first kappa shape index (κ1) is 17.7. The van der Waals surface area contributed by atoms with Gasteiger partial charge in [-0.2, -0.15) is 0 Å². The van der Waals surface area contributed by atoms with Gasteiger partial charge in [-0.15, -0.1) is 0 Å². The summed E-state index contributed by atoms with van der Waals surface area (Å²) >= 11 is 0. The van der Waals surface area contributed by atoms with Crippen LogP contribution in [0, 0.1) is 0 Å². The van der Waals surface area contributed by atoms with Gasteiger partial charge in [0.05, 0.1) is 5.52 Å². The Morgan fingerprint density at radius 2 is 1.88 bits per heavy atom. The van der Waals surface area contributed by atoms with Crippen molar-refractivity contribution in [1.29, 1.82) is 0 Å². The molecule has 0 N–H and O–H groups in total. The third-order valence-electron chi connectivity index (χ3n) is 6.14. The van der Waals surface area contributed by atoms with E-state index < -0.39 is 0 Å². The Morgan fingerprint density at radius 1 is 1.08 bits per heavy atom. The summed E-state index contributed by atoms with van der Waals surface area (Å²) in [6.07, 6.45) is 2.96. The van der Waals surface area contributed by atoms with Gasteiger partial charge in [0, 0.05) is 50.7 Å². The Hall–Kier alpha value is -1.72. The van der Waals surface area contributed by atoms with Gasteiger partial charge < -0.3 is 9.80 Å². The molecule has 5 heteroatoms. The fraction of sp³-hybridized carbons (Fsp3) is 0.619. The van der Waals surface area contributed by atoms with Crippen LogP contribution in [-0.4, -0.2) is 71.6 Å². The molecule has 0 saturated carbocycles. The number of hydrogen-bond acceptors (Lipinski definition) is 5. The quantitative estimate of drug-likeness (QED) is 0.844. The molecule has 3 heterocycles. The molecule has 1 unspecified atom stereocenters. The molecule has 0 aliphatic carbocycles. The highest BCUT2D eigenvalue weighted by atomic mass is 15.3. The molecule has 0 spiro atoms. The first-order valence-corrected chi connectivity index (χ1v) is 10.1. The molecule has 26 heavy (non-hydrogen) atoms. The Balaban J connectivity index is 1.52. The standard InChI is InChI=1S/C21H31N5/c1-4-24-9-11-25(12-10-24)18-7-8-26(14-18)21-19-13-17(16(2)3)5-6-20(19)22-15-23-21/h5-6,13,15-16,18H,4,7-12,14H2,1-3H3. The largest absolute Gasteiger partial charge is 0.354 e. The van der Waals surface area contributed by atoms with Crippen LogP contribution in [0.4, 0.5) is 5.82 Å². The van der Waals surface area contributed by atoms with Crippen molar-refractivity contribution in [3.63, 3.8) is 0 Å². The van der Waals surface area contributed by atoms with Crippen LogP contribution in [0.2, 0.25) is 0 Å². The fourth-order valence-electron chi connectivity index (χ4n) is 4.35. The van der Waals surface area contributed by atoms with Crippen LogP contribution in [-0.2, 0) is 0 Å². The molecule has 2 aliphatic heterocycles. The molecule has 2 aromatic rings. The Morgan fingerprint density at radius 3 is 2.62 bits per heavy atom. The van der Waals surface area contributed by atoms with Crippen LogP contribution < -0.4 is 4.90 Å². The van der Waals surface area contributed by atoms with Crippen molar-refractivity contribution in [2.45, 2.75) is 39.2 Å². The summed E-state index contributed by atoms with van der Waals surface area (Å²) in [7, 11) is 0. The maximum absolute atomic E-state index is 4.68. The number of rotatable bonds is 4. The highest BCUT2D eigenvalue weighted by molar-refractivity contribution is 5.90. The van der Waals surface area contributed by atoms with Crippen LogP contribution in [0.25, 0.3) is 10.9 Å². The number of nitrogens with zero attached hydrogens (tertiary/aromatic N) is 5. The van der Waals surface area contributed by atoms with Crippen LogP contribution in [0.1, 0.15) is 38.7 Å². The van der Waals surface area contributed by atoms with Gasteiger partial charge in [-0.05, 0) is 36.6 Å². The van der Waals surface area contributed by atoms with E-state index >= 15 is 0 Å². The third kappa shape index (κ3) is 3.42. The van der Waals surface area contributed by atoms with Gasteiger partial charge in [0.1, 0.15) is 12.1 Å². The van der Waals surface area contributed by atoms with Crippen molar-refractivity contribution in [2.24, 2.45) is 0 Å². The molecule has 2 fully saturated rings. The maximum Gasteiger partial charge on any atom is 0.139 e. The Kier molecular flexibility index (Phi) is 5.09. The van der Waals surface area contributed by atoms with Crippen LogP contribution >= 0.6 is 0 Å². The number of hydrogen-bond donors (Lipinski definition) is 0. The van der Waals surface area contributed by atoms with Gasteiger partial charge in [0.25, 0.3) is 0 Å². The lowest BCUT2D eigenvalue weighted by Crippen LogP contribution is -2.50. The number of anilines is 1. The number of likely N-dealkylation sites (N-methyl/N-ethyl adjacent to an activating group) is 1. The molecule has 1 atom stereocenters. The Bertz CT molecular complexity index is 751. The topological polar surface area (TPSA) is 35.5 Å². The van der Waals surface area contributed by atoms with E-state index in [1.165, 1.54) is 50.1 Å².